The number of aliphatic carboxylic acids is 1. The molecule has 0 rings (SSSR count). The molecule has 6 N–H and O–H groups in total. The third kappa shape index (κ3) is 11.1. The molecule has 0 heterocycles. The normalized spacial score (nSPS) is 14.1. The lowest BCUT2D eigenvalue weighted by Crippen LogP contribution is -2.56. The van der Waals surface area contributed by atoms with Crippen molar-refractivity contribution in [2.75, 3.05) is 24.3 Å². The first-order chi connectivity index (χ1) is 12.6. The molecule has 0 aromatic carbocycles. The molecular weight excluding hydrogens is 392 g/mol. The van der Waals surface area contributed by atoms with E-state index in [1.54, 1.807) is 0 Å². The van der Waals surface area contributed by atoms with Gasteiger partial charge in [-0.1, -0.05) is 13.8 Å². The highest BCUT2D eigenvalue weighted by molar-refractivity contribution is 7.98. The number of hydrogen-bond acceptors (Lipinski definition) is 7. The Balaban J connectivity index is 4.90. The number of carbonyl (C=O) groups excluding carboxylic acids is 3. The summed E-state index contributed by atoms with van der Waals surface area (Å²) in [5.74, 6) is -1.98. The van der Waals surface area contributed by atoms with Crippen molar-refractivity contribution >= 4 is 48.1 Å². The van der Waals surface area contributed by atoms with E-state index in [1.807, 2.05) is 20.1 Å². The van der Waals surface area contributed by atoms with Crippen LogP contribution in [0.4, 0.5) is 0 Å². The molecule has 0 spiro atoms. The van der Waals surface area contributed by atoms with Crippen LogP contribution in [0.25, 0.3) is 0 Å². The van der Waals surface area contributed by atoms with Gasteiger partial charge >= 0.3 is 5.97 Å². The Morgan fingerprint density at radius 3 is 2.15 bits per heavy atom. The van der Waals surface area contributed by atoms with Crippen LogP contribution in [0.1, 0.15) is 26.7 Å². The molecule has 3 amide bonds. The number of thioether (sulfide) groups is 1. The monoisotopic (exact) mass is 422 g/mol. The number of nitrogens with one attached hydrogen (secondary N) is 3. The summed E-state index contributed by atoms with van der Waals surface area (Å²) >= 11 is 5.57. The van der Waals surface area contributed by atoms with Crippen molar-refractivity contribution in [3.05, 3.63) is 0 Å². The number of hydrogen-bond donors (Lipinski definition) is 6. The van der Waals surface area contributed by atoms with Crippen LogP contribution in [0.15, 0.2) is 0 Å². The molecule has 0 aromatic heterocycles. The average molecular weight is 423 g/mol. The van der Waals surface area contributed by atoms with Crippen LogP contribution in [0, 0.1) is 5.92 Å². The van der Waals surface area contributed by atoms with Gasteiger partial charge in [-0.05, 0) is 30.8 Å². The quantitative estimate of drug-likeness (QED) is 0.213. The Bertz CT molecular complexity index is 519. The highest BCUT2D eigenvalue weighted by atomic mass is 32.2. The van der Waals surface area contributed by atoms with Crippen molar-refractivity contribution in [2.24, 2.45) is 11.7 Å². The summed E-state index contributed by atoms with van der Waals surface area (Å²) in [6, 6.07) is -2.61. The van der Waals surface area contributed by atoms with Crippen LogP contribution >= 0.6 is 24.4 Å². The van der Waals surface area contributed by atoms with Gasteiger partial charge in [0.15, 0.2) is 0 Å². The Kier molecular flexibility index (Phi) is 12.9. The third-order valence-corrected chi connectivity index (χ3v) is 4.54. The van der Waals surface area contributed by atoms with Crippen molar-refractivity contribution < 1.29 is 24.3 Å². The minimum absolute atomic E-state index is 0.0258. The topological polar surface area (TPSA) is 151 Å². The van der Waals surface area contributed by atoms with Crippen LogP contribution < -0.4 is 21.7 Å². The maximum Gasteiger partial charge on any atom is 0.322 e. The lowest BCUT2D eigenvalue weighted by atomic mass is 10.0. The standard InChI is InChI=1S/C16H30N4O5S2/c1-9(2)6-10(17)14(23)20-12(8-26)16(25)19-11(4-5-27-3)15(24)18-7-13(21)22/h9-12,26H,4-8,17H2,1-3H3,(H,18,24)(H,19,25)(H,20,23)(H,21,22). The van der Waals surface area contributed by atoms with Gasteiger partial charge in [-0.2, -0.15) is 24.4 Å². The Hall–Kier alpha value is -1.46. The molecule has 0 aliphatic carbocycles. The molecule has 0 aromatic rings. The molecule has 0 saturated heterocycles. The molecule has 0 fully saturated rings. The fourth-order valence-electron chi connectivity index (χ4n) is 2.15. The van der Waals surface area contributed by atoms with E-state index in [0.29, 0.717) is 18.6 Å². The zero-order valence-corrected chi connectivity index (χ0v) is 17.6. The molecule has 27 heavy (non-hydrogen) atoms. The Labute approximate surface area is 169 Å². The molecule has 0 aliphatic heterocycles. The summed E-state index contributed by atoms with van der Waals surface area (Å²) in [7, 11) is 0. The van der Waals surface area contributed by atoms with Gasteiger partial charge in [0.1, 0.15) is 18.6 Å². The van der Waals surface area contributed by atoms with E-state index in [-0.39, 0.29) is 11.7 Å². The number of nitrogens with two attached hydrogens (primary N) is 1. The average Bonchev–Trinajstić information content (AvgIpc) is 2.59. The molecule has 9 nitrogen and oxygen atoms in total. The Morgan fingerprint density at radius 1 is 1.07 bits per heavy atom. The fourth-order valence-corrected chi connectivity index (χ4v) is 2.88. The van der Waals surface area contributed by atoms with Gasteiger partial charge in [0.2, 0.25) is 17.7 Å². The number of rotatable bonds is 13. The van der Waals surface area contributed by atoms with Crippen molar-refractivity contribution in [1.29, 1.82) is 0 Å². The van der Waals surface area contributed by atoms with E-state index in [1.165, 1.54) is 11.8 Å². The number of amides is 3. The molecule has 156 valence electrons. The minimum atomic E-state index is -1.18. The number of carbonyl (C=O) groups is 4. The SMILES string of the molecule is CSCCC(NC(=O)C(CS)NC(=O)C(N)CC(C)C)C(=O)NCC(=O)O. The van der Waals surface area contributed by atoms with E-state index in [0.717, 1.165) is 0 Å². The summed E-state index contributed by atoms with van der Waals surface area (Å²) in [6.07, 6.45) is 2.64. The van der Waals surface area contributed by atoms with Gasteiger partial charge < -0.3 is 26.8 Å². The van der Waals surface area contributed by atoms with Gasteiger partial charge in [0.05, 0.1) is 6.04 Å². The second kappa shape index (κ2) is 13.7. The zero-order valence-electron chi connectivity index (χ0n) is 15.9. The van der Waals surface area contributed by atoms with Gasteiger partial charge in [-0.15, -0.1) is 0 Å². The van der Waals surface area contributed by atoms with Crippen LogP contribution in [-0.2, 0) is 19.2 Å². The van der Waals surface area contributed by atoms with E-state index < -0.39 is 48.4 Å². The number of carboxylic acid groups (broad SMARTS) is 1. The molecule has 0 bridgehead atoms. The molecule has 11 heteroatoms. The van der Waals surface area contributed by atoms with E-state index in [2.05, 4.69) is 28.6 Å². The lowest BCUT2D eigenvalue weighted by Gasteiger charge is -2.23. The van der Waals surface area contributed by atoms with Gasteiger partial charge in [0.25, 0.3) is 0 Å². The first kappa shape index (κ1) is 25.5. The molecule has 0 saturated carbocycles. The number of carboxylic acids is 1. The van der Waals surface area contributed by atoms with Crippen molar-refractivity contribution in [3.8, 4) is 0 Å². The van der Waals surface area contributed by atoms with Crippen molar-refractivity contribution in [3.63, 3.8) is 0 Å². The highest BCUT2D eigenvalue weighted by Gasteiger charge is 2.27. The maximum absolute atomic E-state index is 12.5. The second-order valence-electron chi connectivity index (χ2n) is 6.43. The maximum atomic E-state index is 12.5. The van der Waals surface area contributed by atoms with Crippen molar-refractivity contribution in [1.82, 2.24) is 16.0 Å². The molecule has 0 aliphatic rings. The molecular formula is C16H30N4O5S2. The zero-order chi connectivity index (χ0) is 21.0. The Morgan fingerprint density at radius 2 is 1.67 bits per heavy atom. The number of thiol groups is 1. The summed E-state index contributed by atoms with van der Waals surface area (Å²) in [4.78, 5) is 47.3. The smallest absolute Gasteiger partial charge is 0.322 e. The van der Waals surface area contributed by atoms with Crippen LogP contribution in [0.5, 0.6) is 0 Å². The molecule has 0 radical (unpaired) electrons. The lowest BCUT2D eigenvalue weighted by molar-refractivity contribution is -0.138. The summed E-state index contributed by atoms with van der Waals surface area (Å²) in [5, 5.41) is 16.0. The predicted octanol–water partition coefficient (Wildman–Crippen LogP) is -0.787. The first-order valence-corrected chi connectivity index (χ1v) is 10.6. The van der Waals surface area contributed by atoms with E-state index in [9.17, 15) is 19.2 Å². The van der Waals surface area contributed by atoms with Gasteiger partial charge in [-0.3, -0.25) is 19.2 Å². The highest BCUT2D eigenvalue weighted by Crippen LogP contribution is 2.05. The summed E-state index contributed by atoms with van der Waals surface area (Å²) in [5.41, 5.74) is 5.81. The van der Waals surface area contributed by atoms with Crippen LogP contribution in [0.2, 0.25) is 0 Å². The molecule has 3 unspecified atom stereocenters. The predicted molar refractivity (Wildman–Crippen MR) is 109 cm³/mol. The van der Waals surface area contributed by atoms with Crippen molar-refractivity contribution in [2.45, 2.75) is 44.8 Å². The first-order valence-electron chi connectivity index (χ1n) is 8.57. The largest absolute Gasteiger partial charge is 0.480 e. The summed E-state index contributed by atoms with van der Waals surface area (Å²) in [6.45, 7) is 3.32. The summed E-state index contributed by atoms with van der Waals surface area (Å²) < 4.78 is 0. The molecule has 3 atom stereocenters. The van der Waals surface area contributed by atoms with E-state index in [4.69, 9.17) is 10.8 Å². The van der Waals surface area contributed by atoms with Crippen LogP contribution in [-0.4, -0.2) is 71.2 Å². The van der Waals surface area contributed by atoms with Gasteiger partial charge in [-0.25, -0.2) is 0 Å². The third-order valence-electron chi connectivity index (χ3n) is 3.54. The van der Waals surface area contributed by atoms with E-state index >= 15 is 0 Å². The van der Waals surface area contributed by atoms with Crippen LogP contribution in [0.3, 0.4) is 0 Å². The second-order valence-corrected chi connectivity index (χ2v) is 7.78. The fraction of sp³-hybridized carbons (Fsp3) is 0.750. The minimum Gasteiger partial charge on any atom is -0.480 e. The van der Waals surface area contributed by atoms with Gasteiger partial charge in [0, 0.05) is 5.75 Å².